The Hall–Kier alpha value is -0.910. The van der Waals surface area contributed by atoms with E-state index in [9.17, 15) is 8.42 Å². The molecule has 0 aliphatic carbocycles. The molecule has 0 saturated heterocycles. The molecule has 1 aliphatic heterocycles. The molecule has 0 amide bonds. The van der Waals surface area contributed by atoms with Gasteiger partial charge in [0.05, 0.1) is 5.75 Å². The molecule has 1 aromatic carbocycles. The molecule has 1 aromatic rings. The first-order chi connectivity index (χ1) is 8.99. The fourth-order valence-corrected chi connectivity index (χ4v) is 3.32. The monoisotopic (exact) mass is 282 g/mol. The maximum Gasteiger partial charge on any atom is 0.147 e. The quantitative estimate of drug-likeness (QED) is 0.868. The Balaban J connectivity index is 2.00. The van der Waals surface area contributed by atoms with Gasteiger partial charge in [-0.05, 0) is 30.5 Å². The predicted molar refractivity (Wildman–Crippen MR) is 77.7 cm³/mol. The van der Waals surface area contributed by atoms with Gasteiger partial charge in [0.2, 0.25) is 0 Å². The number of nitrogens with zero attached hydrogens (tertiary/aromatic N) is 1. The summed E-state index contributed by atoms with van der Waals surface area (Å²) in [7, 11) is -2.87. The zero-order valence-electron chi connectivity index (χ0n) is 11.4. The fraction of sp³-hybridized carbons (Fsp3) is 0.571. The van der Waals surface area contributed by atoms with Crippen molar-refractivity contribution in [1.29, 1.82) is 0 Å². The molecule has 2 rings (SSSR count). The van der Waals surface area contributed by atoms with E-state index in [1.807, 2.05) is 0 Å². The van der Waals surface area contributed by atoms with Crippen molar-refractivity contribution in [2.24, 2.45) is 5.73 Å². The first kappa shape index (κ1) is 14.5. The highest BCUT2D eigenvalue weighted by atomic mass is 32.2. The van der Waals surface area contributed by atoms with Crippen molar-refractivity contribution in [3.63, 3.8) is 0 Å². The molecule has 1 heterocycles. The van der Waals surface area contributed by atoms with Crippen molar-refractivity contribution < 1.29 is 8.42 Å². The highest BCUT2D eigenvalue weighted by Crippen LogP contribution is 2.22. The van der Waals surface area contributed by atoms with Crippen LogP contribution in [0.15, 0.2) is 24.3 Å². The van der Waals surface area contributed by atoms with E-state index >= 15 is 0 Å². The van der Waals surface area contributed by atoms with Gasteiger partial charge in [-0.2, -0.15) is 0 Å². The molecule has 1 atom stereocenters. The molecule has 0 spiro atoms. The number of sulfone groups is 1. The van der Waals surface area contributed by atoms with E-state index in [2.05, 4.69) is 29.2 Å². The van der Waals surface area contributed by atoms with Gasteiger partial charge in [0.1, 0.15) is 9.84 Å². The molecule has 1 aliphatic rings. The lowest BCUT2D eigenvalue weighted by molar-refractivity contribution is 0.176. The van der Waals surface area contributed by atoms with Crippen molar-refractivity contribution in [3.05, 3.63) is 35.4 Å². The second-order valence-electron chi connectivity index (χ2n) is 5.32. The summed E-state index contributed by atoms with van der Waals surface area (Å²) >= 11 is 0. The van der Waals surface area contributed by atoms with Gasteiger partial charge in [-0.3, -0.25) is 4.90 Å². The summed E-state index contributed by atoms with van der Waals surface area (Å²) in [6, 6.07) is 8.74. The van der Waals surface area contributed by atoms with Gasteiger partial charge >= 0.3 is 0 Å². The molecule has 0 radical (unpaired) electrons. The average Bonchev–Trinajstić information content (AvgIpc) is 2.36. The van der Waals surface area contributed by atoms with Gasteiger partial charge in [-0.25, -0.2) is 8.42 Å². The number of fused-ring (bicyclic) bond motifs is 1. The average molecular weight is 282 g/mol. The molecule has 5 heteroatoms. The van der Waals surface area contributed by atoms with Crippen LogP contribution in [0, 0.1) is 0 Å². The molecule has 0 fully saturated rings. The Morgan fingerprint density at radius 2 is 2.00 bits per heavy atom. The molecule has 0 aromatic heterocycles. The third-order valence-corrected chi connectivity index (χ3v) is 4.73. The van der Waals surface area contributed by atoms with Gasteiger partial charge in [0.25, 0.3) is 0 Å². The van der Waals surface area contributed by atoms with Crippen molar-refractivity contribution in [3.8, 4) is 0 Å². The van der Waals surface area contributed by atoms with Gasteiger partial charge < -0.3 is 5.73 Å². The zero-order chi connectivity index (χ0) is 13.9. The topological polar surface area (TPSA) is 63.4 Å². The second-order valence-corrected chi connectivity index (χ2v) is 7.58. The maximum atomic E-state index is 11.2. The maximum absolute atomic E-state index is 11.2. The zero-order valence-corrected chi connectivity index (χ0v) is 12.2. The smallest absolute Gasteiger partial charge is 0.147 e. The van der Waals surface area contributed by atoms with Crippen LogP contribution in [0.3, 0.4) is 0 Å². The first-order valence-corrected chi connectivity index (χ1v) is 8.74. The molecule has 2 N–H and O–H groups in total. The van der Waals surface area contributed by atoms with Crippen LogP contribution in [-0.4, -0.2) is 44.5 Å². The minimum Gasteiger partial charge on any atom is -0.329 e. The number of hydrogen-bond donors (Lipinski definition) is 1. The highest BCUT2D eigenvalue weighted by Gasteiger charge is 2.24. The van der Waals surface area contributed by atoms with Crippen LogP contribution >= 0.6 is 0 Å². The minimum absolute atomic E-state index is 0.252. The Morgan fingerprint density at radius 3 is 2.63 bits per heavy atom. The molecule has 0 saturated carbocycles. The Labute approximate surface area is 115 Å². The summed E-state index contributed by atoms with van der Waals surface area (Å²) in [5.41, 5.74) is 8.56. The third kappa shape index (κ3) is 4.03. The fourth-order valence-electron chi connectivity index (χ4n) is 2.67. The lowest BCUT2D eigenvalue weighted by Crippen LogP contribution is -2.45. The first-order valence-electron chi connectivity index (χ1n) is 6.68. The minimum atomic E-state index is -2.87. The van der Waals surface area contributed by atoms with Crippen LogP contribution in [0.1, 0.15) is 17.5 Å². The van der Waals surface area contributed by atoms with Crippen LogP contribution in [0.5, 0.6) is 0 Å². The molecule has 0 bridgehead atoms. The lowest BCUT2D eigenvalue weighted by atomic mass is 9.94. The van der Waals surface area contributed by atoms with Gasteiger partial charge in [0.15, 0.2) is 0 Å². The van der Waals surface area contributed by atoms with E-state index in [0.29, 0.717) is 19.0 Å². The van der Waals surface area contributed by atoms with E-state index < -0.39 is 9.84 Å². The van der Waals surface area contributed by atoms with E-state index in [1.54, 1.807) is 0 Å². The Kier molecular flexibility index (Phi) is 4.60. The van der Waals surface area contributed by atoms with Gasteiger partial charge in [-0.15, -0.1) is 0 Å². The number of nitrogens with two attached hydrogens (primary N) is 1. The SMILES string of the molecule is CS(=O)(=O)CCCN1Cc2ccccc2CC1CN. The summed E-state index contributed by atoms with van der Waals surface area (Å²) in [5.74, 6) is 0.252. The molecular formula is C14H22N2O2S. The van der Waals surface area contributed by atoms with Gasteiger partial charge in [0, 0.05) is 25.4 Å². The van der Waals surface area contributed by atoms with Crippen molar-refractivity contribution in [2.75, 3.05) is 25.1 Å². The second kappa shape index (κ2) is 6.03. The number of hydrogen-bond acceptors (Lipinski definition) is 4. The van der Waals surface area contributed by atoms with Crippen LogP contribution in [0.25, 0.3) is 0 Å². The van der Waals surface area contributed by atoms with E-state index in [1.165, 1.54) is 17.4 Å². The standard InChI is InChI=1S/C14H22N2O2S/c1-19(17,18)8-4-7-16-11-13-6-3-2-5-12(13)9-14(16)10-15/h2-3,5-6,14H,4,7-11,15H2,1H3. The predicted octanol–water partition coefficient (Wildman–Crippen LogP) is 0.807. The molecular weight excluding hydrogens is 260 g/mol. The summed E-state index contributed by atoms with van der Waals surface area (Å²) in [6.07, 6.45) is 2.93. The highest BCUT2D eigenvalue weighted by molar-refractivity contribution is 7.90. The van der Waals surface area contributed by atoms with Crippen LogP contribution < -0.4 is 5.73 Å². The number of rotatable bonds is 5. The van der Waals surface area contributed by atoms with Crippen LogP contribution in [0.2, 0.25) is 0 Å². The van der Waals surface area contributed by atoms with Gasteiger partial charge in [-0.1, -0.05) is 24.3 Å². The normalized spacial score (nSPS) is 20.2. The summed E-state index contributed by atoms with van der Waals surface area (Å²) in [6.45, 7) is 2.29. The van der Waals surface area contributed by atoms with Crippen LogP contribution in [-0.2, 0) is 22.8 Å². The van der Waals surface area contributed by atoms with Crippen LogP contribution in [0.4, 0.5) is 0 Å². The Bertz CT molecular complexity index is 528. The van der Waals surface area contributed by atoms with Crippen molar-refractivity contribution in [2.45, 2.75) is 25.4 Å². The molecule has 4 nitrogen and oxygen atoms in total. The molecule has 106 valence electrons. The largest absolute Gasteiger partial charge is 0.329 e. The summed E-state index contributed by atoms with van der Waals surface area (Å²) in [5, 5.41) is 0. The summed E-state index contributed by atoms with van der Waals surface area (Å²) in [4.78, 5) is 2.31. The van der Waals surface area contributed by atoms with E-state index in [4.69, 9.17) is 5.73 Å². The Morgan fingerprint density at radius 1 is 1.32 bits per heavy atom. The summed E-state index contributed by atoms with van der Waals surface area (Å²) < 4.78 is 22.4. The molecule has 1 unspecified atom stereocenters. The lowest BCUT2D eigenvalue weighted by Gasteiger charge is -2.36. The van der Waals surface area contributed by atoms with E-state index in [-0.39, 0.29) is 5.75 Å². The third-order valence-electron chi connectivity index (χ3n) is 3.70. The number of benzene rings is 1. The van der Waals surface area contributed by atoms with Crippen molar-refractivity contribution >= 4 is 9.84 Å². The van der Waals surface area contributed by atoms with Crippen molar-refractivity contribution in [1.82, 2.24) is 4.90 Å². The molecule has 19 heavy (non-hydrogen) atoms. The van der Waals surface area contributed by atoms with E-state index in [0.717, 1.165) is 19.5 Å².